The molecule has 0 radical (unpaired) electrons. The lowest BCUT2D eigenvalue weighted by atomic mass is 10.0. The number of amides is 3. The highest BCUT2D eigenvalue weighted by atomic mass is 16.4. The molecule has 0 aromatic rings. The van der Waals surface area contributed by atoms with E-state index in [1.165, 1.54) is 6.42 Å². The number of nitrogens with zero attached hydrogens (tertiary/aromatic N) is 1. The number of carbonyl (C=O) groups excluding carboxylic acids is 1. The Morgan fingerprint density at radius 1 is 1.19 bits per heavy atom. The molecule has 0 aliphatic carbocycles. The molecule has 16 heavy (non-hydrogen) atoms. The summed E-state index contributed by atoms with van der Waals surface area (Å²) in [5, 5.41) is 8.64. The molecule has 0 atom stereocenters. The zero-order chi connectivity index (χ0) is 12.6. The third kappa shape index (κ3) is 7.09. The molecule has 3 amide bonds. The molecule has 0 rings (SSSR count). The number of hydrogen-bond acceptors (Lipinski definition) is 2. The van der Waals surface area contributed by atoms with Crippen LogP contribution in [0.2, 0.25) is 0 Å². The fraction of sp³-hybridized carbons (Fsp3) is 0.818. The zero-order valence-electron chi connectivity index (χ0n) is 10.1. The predicted octanol–water partition coefficient (Wildman–Crippen LogP) is 2.65. The van der Waals surface area contributed by atoms with Gasteiger partial charge in [0.05, 0.1) is 0 Å². The highest BCUT2D eigenvalue weighted by Crippen LogP contribution is 2.09. The van der Waals surface area contributed by atoms with Crippen LogP contribution >= 0.6 is 0 Å². The average molecular weight is 230 g/mol. The lowest BCUT2D eigenvalue weighted by Crippen LogP contribution is -2.40. The molecule has 0 saturated carbocycles. The monoisotopic (exact) mass is 230 g/mol. The van der Waals surface area contributed by atoms with E-state index in [9.17, 15) is 9.59 Å². The Kier molecular flexibility index (Phi) is 7.33. The molecule has 0 spiro atoms. The molecule has 0 saturated heterocycles. The minimum atomic E-state index is -1.27. The number of urea groups is 1. The smallest absolute Gasteiger partial charge is 0.415 e. The number of unbranched alkanes of at least 4 members (excludes halogenated alkanes) is 3. The average Bonchev–Trinajstić information content (AvgIpc) is 2.14. The predicted molar refractivity (Wildman–Crippen MR) is 62.2 cm³/mol. The molecule has 5 nitrogen and oxygen atoms in total. The Morgan fingerprint density at radius 3 is 2.19 bits per heavy atom. The Labute approximate surface area is 96.6 Å². The Balaban J connectivity index is 3.56. The van der Waals surface area contributed by atoms with Crippen LogP contribution in [-0.2, 0) is 0 Å². The van der Waals surface area contributed by atoms with Crippen molar-refractivity contribution >= 4 is 12.1 Å². The minimum Gasteiger partial charge on any atom is -0.465 e. The summed E-state index contributed by atoms with van der Waals surface area (Å²) in [6, 6.07) is -0.894. The van der Waals surface area contributed by atoms with E-state index in [1.54, 1.807) is 0 Å². The Hall–Kier alpha value is -1.26. The summed E-state index contributed by atoms with van der Waals surface area (Å²) in [7, 11) is 0. The van der Waals surface area contributed by atoms with Crippen molar-refractivity contribution in [2.75, 3.05) is 6.54 Å². The van der Waals surface area contributed by atoms with Gasteiger partial charge in [0.1, 0.15) is 0 Å². The molecular formula is C11H22N2O3. The second-order valence-corrected chi connectivity index (χ2v) is 4.37. The van der Waals surface area contributed by atoms with Crippen molar-refractivity contribution in [2.24, 2.45) is 11.7 Å². The molecule has 0 bridgehead atoms. The number of rotatable bonds is 7. The number of nitrogens with two attached hydrogens (primary N) is 1. The lowest BCUT2D eigenvalue weighted by molar-refractivity contribution is 0.150. The molecule has 0 unspecified atom stereocenters. The van der Waals surface area contributed by atoms with Gasteiger partial charge in [0.15, 0.2) is 0 Å². The maximum Gasteiger partial charge on any atom is 0.415 e. The van der Waals surface area contributed by atoms with Gasteiger partial charge in [-0.05, 0) is 12.3 Å². The van der Waals surface area contributed by atoms with Crippen LogP contribution < -0.4 is 5.73 Å². The number of primary amides is 1. The fourth-order valence-electron chi connectivity index (χ4n) is 1.48. The maximum absolute atomic E-state index is 10.7. The quantitative estimate of drug-likeness (QED) is 0.659. The highest BCUT2D eigenvalue weighted by molar-refractivity contribution is 5.88. The van der Waals surface area contributed by atoms with E-state index in [0.717, 1.165) is 19.3 Å². The van der Waals surface area contributed by atoms with Crippen LogP contribution in [0, 0.1) is 5.92 Å². The number of carbonyl (C=O) groups is 2. The molecule has 3 N–H and O–H groups in total. The molecule has 0 aromatic carbocycles. The van der Waals surface area contributed by atoms with E-state index >= 15 is 0 Å². The van der Waals surface area contributed by atoms with Crippen molar-refractivity contribution in [3.63, 3.8) is 0 Å². The van der Waals surface area contributed by atoms with Gasteiger partial charge < -0.3 is 10.8 Å². The standard InChI is InChI=1S/C11H22N2O3/c1-9(2)7-5-3-4-6-8-13(10(12)14)11(15)16/h9H,3-8H2,1-2H3,(H2,12,14)(H,15,16). The molecular weight excluding hydrogens is 208 g/mol. The first-order valence-corrected chi connectivity index (χ1v) is 5.75. The van der Waals surface area contributed by atoms with Crippen LogP contribution in [0.5, 0.6) is 0 Å². The molecule has 0 aliphatic rings. The molecule has 0 fully saturated rings. The first-order chi connectivity index (χ1) is 7.45. The summed E-state index contributed by atoms with van der Waals surface area (Å²) in [6.45, 7) is 4.56. The van der Waals surface area contributed by atoms with Crippen LogP contribution in [0.25, 0.3) is 0 Å². The van der Waals surface area contributed by atoms with E-state index in [-0.39, 0.29) is 6.54 Å². The first kappa shape index (κ1) is 14.7. The van der Waals surface area contributed by atoms with Crippen LogP contribution in [0.4, 0.5) is 9.59 Å². The van der Waals surface area contributed by atoms with Crippen LogP contribution in [0.15, 0.2) is 0 Å². The molecule has 94 valence electrons. The summed E-state index contributed by atoms with van der Waals surface area (Å²) < 4.78 is 0. The van der Waals surface area contributed by atoms with Gasteiger partial charge in [-0.3, -0.25) is 0 Å². The third-order valence-electron chi connectivity index (χ3n) is 2.41. The molecule has 0 heterocycles. The molecule has 0 aliphatic heterocycles. The summed E-state index contributed by atoms with van der Waals surface area (Å²) in [5.41, 5.74) is 4.92. The number of carboxylic acid groups (broad SMARTS) is 1. The second-order valence-electron chi connectivity index (χ2n) is 4.37. The van der Waals surface area contributed by atoms with Crippen molar-refractivity contribution < 1.29 is 14.7 Å². The van der Waals surface area contributed by atoms with Crippen molar-refractivity contribution in [2.45, 2.75) is 46.0 Å². The van der Waals surface area contributed by atoms with Crippen LogP contribution in [0.3, 0.4) is 0 Å². The highest BCUT2D eigenvalue weighted by Gasteiger charge is 2.16. The van der Waals surface area contributed by atoms with Gasteiger partial charge in [0.2, 0.25) is 0 Å². The summed E-state index contributed by atoms with van der Waals surface area (Å²) >= 11 is 0. The maximum atomic E-state index is 10.7. The van der Waals surface area contributed by atoms with Gasteiger partial charge in [-0.1, -0.05) is 39.5 Å². The molecule has 0 aromatic heterocycles. The van der Waals surface area contributed by atoms with Gasteiger partial charge in [0.25, 0.3) is 0 Å². The Bertz CT molecular complexity index is 215. The van der Waals surface area contributed by atoms with Crippen molar-refractivity contribution in [1.82, 2.24) is 4.90 Å². The van der Waals surface area contributed by atoms with Gasteiger partial charge >= 0.3 is 12.1 Å². The van der Waals surface area contributed by atoms with Crippen LogP contribution in [-0.4, -0.2) is 28.7 Å². The number of hydrogen-bond donors (Lipinski definition) is 2. The van der Waals surface area contributed by atoms with E-state index in [1.807, 2.05) is 0 Å². The van der Waals surface area contributed by atoms with Gasteiger partial charge in [-0.25, -0.2) is 14.5 Å². The van der Waals surface area contributed by atoms with E-state index in [2.05, 4.69) is 13.8 Å². The normalized spacial score (nSPS) is 10.4. The first-order valence-electron chi connectivity index (χ1n) is 5.75. The molecule has 5 heteroatoms. The van der Waals surface area contributed by atoms with E-state index in [0.29, 0.717) is 17.2 Å². The van der Waals surface area contributed by atoms with Gasteiger partial charge in [0, 0.05) is 6.54 Å². The van der Waals surface area contributed by atoms with Crippen LogP contribution in [0.1, 0.15) is 46.0 Å². The minimum absolute atomic E-state index is 0.201. The zero-order valence-corrected chi connectivity index (χ0v) is 10.1. The van der Waals surface area contributed by atoms with Gasteiger partial charge in [-0.15, -0.1) is 0 Å². The Morgan fingerprint density at radius 2 is 1.75 bits per heavy atom. The second kappa shape index (κ2) is 7.96. The third-order valence-corrected chi connectivity index (χ3v) is 2.41. The van der Waals surface area contributed by atoms with Crippen molar-refractivity contribution in [1.29, 1.82) is 0 Å². The van der Waals surface area contributed by atoms with Gasteiger partial charge in [-0.2, -0.15) is 0 Å². The van der Waals surface area contributed by atoms with E-state index in [4.69, 9.17) is 10.8 Å². The van der Waals surface area contributed by atoms with E-state index < -0.39 is 12.1 Å². The summed E-state index contributed by atoms with van der Waals surface area (Å²) in [5.74, 6) is 0.709. The summed E-state index contributed by atoms with van der Waals surface area (Å²) in [6.07, 6.45) is 3.77. The summed E-state index contributed by atoms with van der Waals surface area (Å²) in [4.78, 5) is 21.9. The van der Waals surface area contributed by atoms with Crippen molar-refractivity contribution in [3.8, 4) is 0 Å². The fourth-order valence-corrected chi connectivity index (χ4v) is 1.48. The topological polar surface area (TPSA) is 83.6 Å². The SMILES string of the molecule is CC(C)CCCCCCN(C(N)=O)C(=O)O. The lowest BCUT2D eigenvalue weighted by Gasteiger charge is -2.13. The number of imide groups is 1. The largest absolute Gasteiger partial charge is 0.465 e. The van der Waals surface area contributed by atoms with Crippen molar-refractivity contribution in [3.05, 3.63) is 0 Å².